The Kier molecular flexibility index (Phi) is 43.7. The largest absolute Gasteiger partial charge is 0.462 e. The van der Waals surface area contributed by atoms with Crippen molar-refractivity contribution in [3.8, 4) is 0 Å². The lowest BCUT2D eigenvalue weighted by molar-refractivity contribution is -0.151. The van der Waals surface area contributed by atoms with Crippen molar-refractivity contribution in [2.75, 3.05) is 6.61 Å². The number of carbonyl (C=O) groups excluding carboxylic acids is 2. The molecule has 3 N–H and O–H groups in total. The van der Waals surface area contributed by atoms with Gasteiger partial charge in [0.1, 0.15) is 6.10 Å². The Morgan fingerprint density at radius 3 is 1.43 bits per heavy atom. The van der Waals surface area contributed by atoms with E-state index in [0.717, 1.165) is 83.5 Å². The quantitative estimate of drug-likeness (QED) is 0.0324. The van der Waals surface area contributed by atoms with Crippen LogP contribution in [0.5, 0.6) is 0 Å². The van der Waals surface area contributed by atoms with Gasteiger partial charge in [-0.05, 0) is 70.6 Å². The Bertz CT molecular complexity index is 1050. The Hall–Kier alpha value is -2.44. The minimum Gasteiger partial charge on any atom is -0.462 e. The molecule has 0 aromatic rings. The zero-order chi connectivity index (χ0) is 42.4. The van der Waals surface area contributed by atoms with E-state index in [1.165, 1.54) is 103 Å². The second-order valence-corrected chi connectivity index (χ2v) is 16.6. The highest BCUT2D eigenvalue weighted by molar-refractivity contribution is 5.77. The number of aliphatic hydroxyl groups excluding tert-OH is 2. The van der Waals surface area contributed by atoms with Crippen LogP contribution in [0, 0.1) is 0 Å². The van der Waals surface area contributed by atoms with Gasteiger partial charge in [-0.1, -0.05) is 210 Å². The van der Waals surface area contributed by atoms with Gasteiger partial charge in [0.05, 0.1) is 25.2 Å². The number of carbonyl (C=O) groups is 2. The van der Waals surface area contributed by atoms with Crippen LogP contribution in [-0.4, -0.2) is 46.9 Å². The van der Waals surface area contributed by atoms with Gasteiger partial charge in [-0.25, -0.2) is 0 Å². The molecule has 6 nitrogen and oxygen atoms in total. The molecule has 58 heavy (non-hydrogen) atoms. The van der Waals surface area contributed by atoms with Crippen LogP contribution in [-0.2, 0) is 14.3 Å². The van der Waals surface area contributed by atoms with Gasteiger partial charge in [0, 0.05) is 6.42 Å². The number of unbranched alkanes of at least 4 members (excludes halogenated alkanes) is 24. The molecule has 0 fully saturated rings. The van der Waals surface area contributed by atoms with Crippen LogP contribution in [0.4, 0.5) is 0 Å². The topological polar surface area (TPSA) is 95.9 Å². The Morgan fingerprint density at radius 1 is 0.517 bits per heavy atom. The average molecular weight is 812 g/mol. The molecular formula is C52H93NO5. The first kappa shape index (κ1) is 55.6. The predicted octanol–water partition coefficient (Wildman–Crippen LogP) is 14.5. The summed E-state index contributed by atoms with van der Waals surface area (Å²) in [5.74, 6) is -0.542. The molecule has 6 heteroatoms. The predicted molar refractivity (Wildman–Crippen MR) is 250 cm³/mol. The summed E-state index contributed by atoms with van der Waals surface area (Å²) in [5, 5.41) is 23.7. The first-order chi connectivity index (χ1) is 28.5. The normalized spacial score (nSPS) is 13.8. The van der Waals surface area contributed by atoms with Crippen LogP contribution in [0.25, 0.3) is 0 Å². The van der Waals surface area contributed by atoms with Gasteiger partial charge in [-0.15, -0.1) is 0 Å². The molecule has 0 aliphatic carbocycles. The lowest BCUT2D eigenvalue weighted by Gasteiger charge is -2.24. The lowest BCUT2D eigenvalue weighted by atomic mass is 10.0. The van der Waals surface area contributed by atoms with Crippen LogP contribution in [0.2, 0.25) is 0 Å². The maximum atomic E-state index is 13.1. The number of rotatable bonds is 43. The molecule has 0 aromatic carbocycles. The molecule has 0 aliphatic heterocycles. The van der Waals surface area contributed by atoms with Crippen molar-refractivity contribution < 1.29 is 24.5 Å². The summed E-state index contributed by atoms with van der Waals surface area (Å²) >= 11 is 0. The van der Waals surface area contributed by atoms with Crippen molar-refractivity contribution in [1.29, 1.82) is 0 Å². The van der Waals surface area contributed by atoms with Crippen LogP contribution in [0.15, 0.2) is 60.8 Å². The number of esters is 1. The molecule has 3 atom stereocenters. The number of amides is 1. The molecule has 0 saturated carbocycles. The first-order valence-corrected chi connectivity index (χ1v) is 24.6. The average Bonchev–Trinajstić information content (AvgIpc) is 3.22. The van der Waals surface area contributed by atoms with E-state index in [4.69, 9.17) is 4.74 Å². The summed E-state index contributed by atoms with van der Waals surface area (Å²) in [7, 11) is 0. The van der Waals surface area contributed by atoms with E-state index < -0.39 is 18.2 Å². The van der Waals surface area contributed by atoms with Crippen molar-refractivity contribution in [2.45, 2.75) is 251 Å². The Morgan fingerprint density at radius 2 is 0.931 bits per heavy atom. The first-order valence-electron chi connectivity index (χ1n) is 24.6. The minimum atomic E-state index is -0.801. The molecule has 0 rings (SSSR count). The third-order valence-electron chi connectivity index (χ3n) is 10.9. The van der Waals surface area contributed by atoms with Gasteiger partial charge < -0.3 is 20.3 Å². The van der Waals surface area contributed by atoms with Crippen molar-refractivity contribution in [3.05, 3.63) is 60.8 Å². The van der Waals surface area contributed by atoms with Gasteiger partial charge in [0.2, 0.25) is 5.91 Å². The second kappa shape index (κ2) is 45.6. The third kappa shape index (κ3) is 40.3. The molecule has 0 bridgehead atoms. The van der Waals surface area contributed by atoms with Crippen molar-refractivity contribution in [1.82, 2.24) is 5.32 Å². The highest BCUT2D eigenvalue weighted by Gasteiger charge is 2.24. The maximum absolute atomic E-state index is 13.1. The minimum absolute atomic E-state index is 0.0425. The maximum Gasteiger partial charge on any atom is 0.306 e. The molecule has 0 saturated heterocycles. The number of allylic oxidation sites excluding steroid dienone is 10. The van der Waals surface area contributed by atoms with Crippen LogP contribution >= 0.6 is 0 Å². The molecule has 3 unspecified atom stereocenters. The second-order valence-electron chi connectivity index (χ2n) is 16.6. The monoisotopic (exact) mass is 812 g/mol. The highest BCUT2D eigenvalue weighted by atomic mass is 16.5. The summed E-state index contributed by atoms with van der Waals surface area (Å²) in [6.45, 7) is 6.31. The van der Waals surface area contributed by atoms with E-state index >= 15 is 0 Å². The van der Waals surface area contributed by atoms with Crippen molar-refractivity contribution in [3.63, 3.8) is 0 Å². The molecule has 0 heterocycles. The number of nitrogens with one attached hydrogen (secondary N) is 1. The summed E-state index contributed by atoms with van der Waals surface area (Å²) in [6, 6.07) is -0.718. The molecule has 0 aromatic heterocycles. The van der Waals surface area contributed by atoms with E-state index in [-0.39, 0.29) is 24.9 Å². The van der Waals surface area contributed by atoms with Gasteiger partial charge in [0.15, 0.2) is 0 Å². The zero-order valence-electron chi connectivity index (χ0n) is 38.2. The molecule has 336 valence electrons. The van der Waals surface area contributed by atoms with Gasteiger partial charge >= 0.3 is 5.97 Å². The van der Waals surface area contributed by atoms with E-state index in [2.05, 4.69) is 74.7 Å². The number of hydrogen-bond acceptors (Lipinski definition) is 5. The van der Waals surface area contributed by atoms with Crippen LogP contribution < -0.4 is 5.32 Å². The highest BCUT2D eigenvalue weighted by Crippen LogP contribution is 2.17. The molecule has 1 amide bonds. The number of hydrogen-bond donors (Lipinski definition) is 3. The standard InChI is InChI=1S/C52H93NO5/c1-4-7-10-13-16-19-22-24-25-26-27-30-33-36-39-42-45-52(57)58-48(43-40-37-34-31-28-21-18-15-12-9-6-3)46-51(56)53-49(47-54)50(55)44-41-38-35-32-29-23-20-17-14-11-8-5-2/h9,12,15,18,21,25-28,30,48-50,54-55H,4-8,10-11,13-14,16-17,19-20,22-24,29,31-47H2,1-3H3,(H,53,56)/b12-9+,18-15+,26-25+,28-21-,30-27+. The fraction of sp³-hybridized carbons (Fsp3) is 0.769. The zero-order valence-corrected chi connectivity index (χ0v) is 38.2. The van der Waals surface area contributed by atoms with Crippen LogP contribution in [0.1, 0.15) is 233 Å². The molecular weight excluding hydrogens is 719 g/mol. The SMILES string of the molecule is CC/C=C/C=C/C=C\CCCCCC(CC(=O)NC(CO)C(O)CCCCCCCCCCCCCC)OC(=O)CCCCC/C=C/C=C/CCCCCCCCC. The molecule has 0 aliphatic rings. The Labute approximate surface area is 358 Å². The van der Waals surface area contributed by atoms with Crippen molar-refractivity contribution in [2.24, 2.45) is 0 Å². The van der Waals surface area contributed by atoms with Gasteiger partial charge in [0.25, 0.3) is 0 Å². The summed E-state index contributed by atoms with van der Waals surface area (Å²) < 4.78 is 5.88. The summed E-state index contributed by atoms with van der Waals surface area (Å²) in [5.41, 5.74) is 0. The Balaban J connectivity index is 4.63. The molecule has 0 radical (unpaired) electrons. The fourth-order valence-electron chi connectivity index (χ4n) is 7.19. The van der Waals surface area contributed by atoms with Gasteiger partial charge in [-0.3, -0.25) is 9.59 Å². The van der Waals surface area contributed by atoms with E-state index in [0.29, 0.717) is 19.3 Å². The van der Waals surface area contributed by atoms with E-state index in [9.17, 15) is 19.8 Å². The summed E-state index contributed by atoms with van der Waals surface area (Å²) in [4.78, 5) is 26.0. The van der Waals surface area contributed by atoms with Gasteiger partial charge in [-0.2, -0.15) is 0 Å². The van der Waals surface area contributed by atoms with E-state index in [1.54, 1.807) is 0 Å². The molecule has 0 spiro atoms. The van der Waals surface area contributed by atoms with Crippen LogP contribution in [0.3, 0.4) is 0 Å². The third-order valence-corrected chi connectivity index (χ3v) is 10.9. The van der Waals surface area contributed by atoms with E-state index in [1.807, 2.05) is 12.2 Å². The van der Waals surface area contributed by atoms with Crippen molar-refractivity contribution >= 4 is 11.9 Å². The fourth-order valence-corrected chi connectivity index (χ4v) is 7.19. The lowest BCUT2D eigenvalue weighted by Crippen LogP contribution is -2.46. The smallest absolute Gasteiger partial charge is 0.306 e. The number of ether oxygens (including phenoxy) is 1. The summed E-state index contributed by atoms with van der Waals surface area (Å²) in [6.07, 6.45) is 55.7. The number of aliphatic hydroxyl groups is 2.